The highest BCUT2D eigenvalue weighted by Gasteiger charge is 2.09. The zero-order valence-electron chi connectivity index (χ0n) is 10.9. The quantitative estimate of drug-likeness (QED) is 0.777. The summed E-state index contributed by atoms with van der Waals surface area (Å²) >= 11 is 0. The lowest BCUT2D eigenvalue weighted by molar-refractivity contribution is -0.123. The van der Waals surface area contributed by atoms with E-state index in [0.29, 0.717) is 12.0 Å². The molecule has 98 valence electrons. The number of hydrogen-bond donors (Lipinski definition) is 1. The fourth-order valence-corrected chi connectivity index (χ4v) is 1.33. The Bertz CT molecular complexity index is 432. The maximum absolute atomic E-state index is 11.5. The van der Waals surface area contributed by atoms with Crippen LogP contribution in [0.4, 0.5) is 0 Å². The van der Waals surface area contributed by atoms with Gasteiger partial charge in [0.1, 0.15) is 11.4 Å². The topological polar surface area (TPSA) is 68.3 Å². The van der Waals surface area contributed by atoms with E-state index in [1.807, 2.05) is 13.8 Å². The predicted molar refractivity (Wildman–Crippen MR) is 67.8 cm³/mol. The van der Waals surface area contributed by atoms with E-state index in [1.54, 1.807) is 19.1 Å². The van der Waals surface area contributed by atoms with Crippen LogP contribution in [0.5, 0.6) is 5.75 Å². The van der Waals surface area contributed by atoms with Crippen molar-refractivity contribution in [1.82, 2.24) is 10.3 Å². The first-order valence-corrected chi connectivity index (χ1v) is 5.91. The van der Waals surface area contributed by atoms with Gasteiger partial charge in [0.2, 0.25) is 0 Å². The molecule has 1 unspecified atom stereocenters. The second kappa shape index (κ2) is 6.74. The Kier molecular flexibility index (Phi) is 5.30. The molecule has 0 aliphatic rings. The summed E-state index contributed by atoms with van der Waals surface area (Å²) in [5.41, 5.74) is 0.944. The van der Waals surface area contributed by atoms with Crippen molar-refractivity contribution in [2.75, 3.05) is 6.61 Å². The molecule has 1 rings (SSSR count). The fraction of sp³-hybridized carbons (Fsp3) is 0.462. The van der Waals surface area contributed by atoms with Crippen LogP contribution in [0.3, 0.4) is 0 Å². The number of carbonyl (C=O) groups is 2. The molecule has 18 heavy (non-hydrogen) atoms. The lowest BCUT2D eigenvalue weighted by atomic mass is 10.2. The summed E-state index contributed by atoms with van der Waals surface area (Å²) in [4.78, 5) is 26.3. The van der Waals surface area contributed by atoms with Crippen LogP contribution >= 0.6 is 0 Å². The lowest BCUT2D eigenvalue weighted by Crippen LogP contribution is -2.35. The van der Waals surface area contributed by atoms with Gasteiger partial charge >= 0.3 is 0 Å². The highest BCUT2D eigenvalue weighted by Crippen LogP contribution is 2.14. The normalized spacial score (nSPS) is 11.7. The molecular formula is C13H18N2O3. The smallest absolute Gasteiger partial charge is 0.258 e. The SMILES string of the molecule is CCC(C)NC(=O)COc1ccc(C)nc1C=O. The van der Waals surface area contributed by atoms with Crippen molar-refractivity contribution < 1.29 is 14.3 Å². The molecule has 1 amide bonds. The van der Waals surface area contributed by atoms with E-state index in [-0.39, 0.29) is 24.2 Å². The van der Waals surface area contributed by atoms with Crippen LogP contribution in [0.1, 0.15) is 36.5 Å². The number of carbonyl (C=O) groups excluding carboxylic acids is 2. The van der Waals surface area contributed by atoms with Crippen molar-refractivity contribution in [2.24, 2.45) is 0 Å². The van der Waals surface area contributed by atoms with E-state index in [4.69, 9.17) is 4.74 Å². The molecule has 5 nitrogen and oxygen atoms in total. The van der Waals surface area contributed by atoms with E-state index in [1.165, 1.54) is 0 Å². The summed E-state index contributed by atoms with van der Waals surface area (Å²) < 4.78 is 5.28. The molecule has 0 aliphatic carbocycles. The molecule has 0 saturated heterocycles. The first kappa shape index (κ1) is 14.2. The summed E-state index contributed by atoms with van der Waals surface area (Å²) in [6.45, 7) is 5.57. The summed E-state index contributed by atoms with van der Waals surface area (Å²) in [6.07, 6.45) is 1.48. The van der Waals surface area contributed by atoms with Crippen molar-refractivity contribution in [3.8, 4) is 5.75 Å². The fourth-order valence-electron chi connectivity index (χ4n) is 1.33. The molecular weight excluding hydrogens is 232 g/mol. The number of aryl methyl sites for hydroxylation is 1. The second-order valence-corrected chi connectivity index (χ2v) is 4.12. The van der Waals surface area contributed by atoms with Crippen LogP contribution in [-0.4, -0.2) is 29.8 Å². The average Bonchev–Trinajstić information content (AvgIpc) is 2.36. The Morgan fingerprint density at radius 3 is 2.89 bits per heavy atom. The van der Waals surface area contributed by atoms with Crippen molar-refractivity contribution in [3.05, 3.63) is 23.5 Å². The van der Waals surface area contributed by atoms with Gasteiger partial charge in [-0.25, -0.2) is 4.98 Å². The second-order valence-electron chi connectivity index (χ2n) is 4.12. The predicted octanol–water partition coefficient (Wildman–Crippen LogP) is 1.50. The van der Waals surface area contributed by atoms with Crippen LogP contribution in [0.25, 0.3) is 0 Å². The third-order valence-electron chi connectivity index (χ3n) is 2.52. The van der Waals surface area contributed by atoms with Crippen LogP contribution in [0.15, 0.2) is 12.1 Å². The Morgan fingerprint density at radius 2 is 2.28 bits per heavy atom. The molecule has 0 aliphatic heterocycles. The monoisotopic (exact) mass is 250 g/mol. The number of aromatic nitrogens is 1. The number of amides is 1. The third-order valence-corrected chi connectivity index (χ3v) is 2.52. The van der Waals surface area contributed by atoms with E-state index in [9.17, 15) is 9.59 Å². The largest absolute Gasteiger partial charge is 0.481 e. The first-order valence-electron chi connectivity index (χ1n) is 5.91. The molecule has 5 heteroatoms. The molecule has 1 heterocycles. The van der Waals surface area contributed by atoms with Gasteiger partial charge in [0, 0.05) is 11.7 Å². The number of aldehydes is 1. The Labute approximate surface area is 107 Å². The molecule has 0 aromatic carbocycles. The minimum atomic E-state index is -0.207. The number of hydrogen-bond acceptors (Lipinski definition) is 4. The molecule has 0 saturated carbocycles. The van der Waals surface area contributed by atoms with Crippen LogP contribution in [0.2, 0.25) is 0 Å². The van der Waals surface area contributed by atoms with Crippen LogP contribution in [0, 0.1) is 6.92 Å². The summed E-state index contributed by atoms with van der Waals surface area (Å²) in [5, 5.41) is 2.78. The zero-order valence-corrected chi connectivity index (χ0v) is 10.9. The zero-order chi connectivity index (χ0) is 13.5. The van der Waals surface area contributed by atoms with E-state index < -0.39 is 0 Å². The molecule has 0 bridgehead atoms. The molecule has 1 atom stereocenters. The third kappa shape index (κ3) is 4.16. The molecule has 1 N–H and O–H groups in total. The van der Waals surface area contributed by atoms with E-state index >= 15 is 0 Å². The van der Waals surface area contributed by atoms with Gasteiger partial charge in [-0.2, -0.15) is 0 Å². The van der Waals surface area contributed by atoms with Gasteiger partial charge in [0.05, 0.1) is 0 Å². The molecule has 0 radical (unpaired) electrons. The van der Waals surface area contributed by atoms with Gasteiger partial charge in [0.15, 0.2) is 12.9 Å². The Balaban J connectivity index is 2.58. The van der Waals surface area contributed by atoms with Gasteiger partial charge in [-0.15, -0.1) is 0 Å². The number of ether oxygens (including phenoxy) is 1. The first-order chi connectivity index (χ1) is 8.56. The van der Waals surface area contributed by atoms with Gasteiger partial charge in [-0.1, -0.05) is 6.92 Å². The van der Waals surface area contributed by atoms with Crippen molar-refractivity contribution in [1.29, 1.82) is 0 Å². The lowest BCUT2D eigenvalue weighted by Gasteiger charge is -2.12. The Hall–Kier alpha value is -1.91. The maximum atomic E-state index is 11.5. The summed E-state index contributed by atoms with van der Waals surface area (Å²) in [5.74, 6) is 0.122. The minimum absolute atomic E-state index is 0.114. The Morgan fingerprint density at radius 1 is 1.56 bits per heavy atom. The number of rotatable bonds is 6. The highest BCUT2D eigenvalue weighted by atomic mass is 16.5. The van der Waals surface area contributed by atoms with Gasteiger partial charge in [0.25, 0.3) is 5.91 Å². The number of nitrogens with one attached hydrogen (secondary N) is 1. The van der Waals surface area contributed by atoms with Crippen LogP contribution < -0.4 is 10.1 Å². The standard InChI is InChI=1S/C13H18N2O3/c1-4-9(2)15-13(17)8-18-12-6-5-10(3)14-11(12)7-16/h5-7,9H,4,8H2,1-3H3,(H,15,17). The van der Waals surface area contributed by atoms with Crippen molar-refractivity contribution >= 4 is 12.2 Å². The van der Waals surface area contributed by atoms with Gasteiger partial charge < -0.3 is 10.1 Å². The average molecular weight is 250 g/mol. The minimum Gasteiger partial charge on any atom is -0.481 e. The molecule has 1 aromatic heterocycles. The highest BCUT2D eigenvalue weighted by molar-refractivity contribution is 5.79. The van der Waals surface area contributed by atoms with Gasteiger partial charge in [-0.3, -0.25) is 9.59 Å². The van der Waals surface area contributed by atoms with Crippen molar-refractivity contribution in [2.45, 2.75) is 33.2 Å². The molecule has 1 aromatic rings. The van der Waals surface area contributed by atoms with Crippen LogP contribution in [-0.2, 0) is 4.79 Å². The number of pyridine rings is 1. The van der Waals surface area contributed by atoms with Crippen molar-refractivity contribution in [3.63, 3.8) is 0 Å². The molecule has 0 spiro atoms. The van der Waals surface area contributed by atoms with E-state index in [0.717, 1.165) is 12.1 Å². The van der Waals surface area contributed by atoms with Gasteiger partial charge in [-0.05, 0) is 32.4 Å². The van der Waals surface area contributed by atoms with E-state index in [2.05, 4.69) is 10.3 Å². The number of nitrogens with zero attached hydrogens (tertiary/aromatic N) is 1. The summed E-state index contributed by atoms with van der Waals surface area (Å²) in [6, 6.07) is 3.49. The summed E-state index contributed by atoms with van der Waals surface area (Å²) in [7, 11) is 0. The molecule has 0 fully saturated rings. The maximum Gasteiger partial charge on any atom is 0.258 e.